The van der Waals surface area contributed by atoms with Crippen LogP contribution in [-0.4, -0.2) is 13.4 Å². The number of nitrogens with two attached hydrogens (primary N) is 1. The summed E-state index contributed by atoms with van der Waals surface area (Å²) in [5, 5.41) is 8.65. The Morgan fingerprint density at radius 3 is 2.48 bits per heavy atom. The molecular weight excluding hydrogens is 288 g/mol. The maximum Gasteiger partial charge on any atom is 0.242 e. The highest BCUT2D eigenvalue weighted by molar-refractivity contribution is 7.89. The number of hydrogen-bond acceptors (Lipinski definition) is 5. The second kappa shape index (κ2) is 6.45. The molecule has 1 aromatic carbocycles. The summed E-state index contributed by atoms with van der Waals surface area (Å²) in [5.74, 6) is 0. The molecule has 1 aromatic heterocycles. The monoisotopic (exact) mass is 302 g/mol. The van der Waals surface area contributed by atoms with Crippen molar-refractivity contribution in [1.82, 2.24) is 9.71 Å². The first kappa shape index (κ1) is 15.1. The molecule has 2 rings (SSSR count). The minimum atomic E-state index is -3.67. The summed E-state index contributed by atoms with van der Waals surface area (Å²) in [6.45, 7) is 0.492. The van der Waals surface area contributed by atoms with Crippen molar-refractivity contribution < 1.29 is 8.42 Å². The first-order chi connectivity index (χ1) is 10.1. The molecule has 0 fully saturated rings. The highest BCUT2D eigenvalue weighted by atomic mass is 32.2. The van der Waals surface area contributed by atoms with Gasteiger partial charge >= 0.3 is 0 Å². The van der Waals surface area contributed by atoms with Gasteiger partial charge in [0.2, 0.25) is 10.0 Å². The molecule has 0 amide bonds. The van der Waals surface area contributed by atoms with Gasteiger partial charge < -0.3 is 5.73 Å². The van der Waals surface area contributed by atoms with Gasteiger partial charge in [0.05, 0.1) is 0 Å². The van der Waals surface area contributed by atoms with Crippen molar-refractivity contribution >= 4 is 10.0 Å². The van der Waals surface area contributed by atoms with Gasteiger partial charge in [0.25, 0.3) is 0 Å². The molecule has 1 heterocycles. The van der Waals surface area contributed by atoms with Gasteiger partial charge in [-0.3, -0.25) is 0 Å². The molecule has 0 spiro atoms. The van der Waals surface area contributed by atoms with Crippen LogP contribution in [0.15, 0.2) is 47.5 Å². The van der Waals surface area contributed by atoms with Gasteiger partial charge in [-0.2, -0.15) is 5.26 Å². The van der Waals surface area contributed by atoms with Crippen molar-refractivity contribution in [2.24, 2.45) is 5.73 Å². The first-order valence-corrected chi connectivity index (χ1v) is 7.68. The Balaban J connectivity index is 2.16. The summed E-state index contributed by atoms with van der Waals surface area (Å²) in [6.07, 6.45) is 1.16. The molecule has 0 unspecified atom stereocenters. The molecule has 21 heavy (non-hydrogen) atoms. The molecule has 0 atom stereocenters. The lowest BCUT2D eigenvalue weighted by Gasteiger charge is -2.09. The van der Waals surface area contributed by atoms with E-state index in [1.165, 1.54) is 12.1 Å². The third-order valence-electron chi connectivity index (χ3n) is 2.95. The third kappa shape index (κ3) is 3.64. The van der Waals surface area contributed by atoms with E-state index in [1.807, 2.05) is 30.3 Å². The van der Waals surface area contributed by atoms with Crippen molar-refractivity contribution in [2.45, 2.75) is 18.0 Å². The van der Waals surface area contributed by atoms with E-state index in [0.29, 0.717) is 6.54 Å². The van der Waals surface area contributed by atoms with E-state index in [4.69, 9.17) is 11.0 Å². The zero-order chi connectivity index (χ0) is 15.3. The highest BCUT2D eigenvalue weighted by Gasteiger charge is 2.14. The first-order valence-electron chi connectivity index (χ1n) is 6.19. The van der Waals surface area contributed by atoms with E-state index < -0.39 is 10.0 Å². The lowest BCUT2D eigenvalue weighted by atomic mass is 10.1. The summed E-state index contributed by atoms with van der Waals surface area (Å²) >= 11 is 0. The van der Waals surface area contributed by atoms with Crippen molar-refractivity contribution in [3.63, 3.8) is 0 Å². The van der Waals surface area contributed by atoms with E-state index >= 15 is 0 Å². The Kier molecular flexibility index (Phi) is 4.65. The molecule has 0 aliphatic carbocycles. The van der Waals surface area contributed by atoms with Gasteiger partial charge in [0.15, 0.2) is 0 Å². The fourth-order valence-corrected chi connectivity index (χ4v) is 2.74. The van der Waals surface area contributed by atoms with Crippen LogP contribution < -0.4 is 10.5 Å². The Morgan fingerprint density at radius 2 is 1.90 bits per heavy atom. The number of hydrogen-bond donors (Lipinski definition) is 2. The zero-order valence-electron chi connectivity index (χ0n) is 11.2. The minimum Gasteiger partial charge on any atom is -0.326 e. The zero-order valence-corrected chi connectivity index (χ0v) is 12.0. The molecule has 108 valence electrons. The van der Waals surface area contributed by atoms with Crippen LogP contribution in [-0.2, 0) is 23.1 Å². The van der Waals surface area contributed by atoms with Crippen LogP contribution in [0.25, 0.3) is 0 Å². The second-order valence-corrected chi connectivity index (χ2v) is 6.06. The molecule has 2 aromatic rings. The molecule has 0 aliphatic rings. The number of nitriles is 1. The summed E-state index contributed by atoms with van der Waals surface area (Å²) in [7, 11) is -3.67. The van der Waals surface area contributed by atoms with Gasteiger partial charge in [-0.15, -0.1) is 0 Å². The fourth-order valence-electron chi connectivity index (χ4n) is 1.79. The van der Waals surface area contributed by atoms with Crippen LogP contribution in [0.4, 0.5) is 0 Å². The lowest BCUT2D eigenvalue weighted by Crippen LogP contribution is -2.24. The van der Waals surface area contributed by atoms with E-state index in [2.05, 4.69) is 9.71 Å². The van der Waals surface area contributed by atoms with Gasteiger partial charge in [0.1, 0.15) is 16.7 Å². The van der Waals surface area contributed by atoms with Gasteiger partial charge in [-0.1, -0.05) is 24.3 Å². The average Bonchev–Trinajstić information content (AvgIpc) is 2.53. The van der Waals surface area contributed by atoms with Gasteiger partial charge in [0, 0.05) is 19.3 Å². The molecular formula is C14H14N4O2S. The van der Waals surface area contributed by atoms with E-state index in [0.717, 1.165) is 17.3 Å². The summed E-state index contributed by atoms with van der Waals surface area (Å²) in [6, 6.07) is 11.9. The van der Waals surface area contributed by atoms with Crippen LogP contribution >= 0.6 is 0 Å². The van der Waals surface area contributed by atoms with E-state index in [1.54, 1.807) is 0 Å². The van der Waals surface area contributed by atoms with Crippen molar-refractivity contribution in [2.75, 3.05) is 0 Å². The predicted molar refractivity (Wildman–Crippen MR) is 77.3 cm³/mol. The van der Waals surface area contributed by atoms with Crippen molar-refractivity contribution in [3.05, 3.63) is 59.4 Å². The number of aromatic nitrogens is 1. The van der Waals surface area contributed by atoms with E-state index in [-0.39, 0.29) is 17.1 Å². The number of rotatable bonds is 5. The Morgan fingerprint density at radius 1 is 1.19 bits per heavy atom. The van der Waals surface area contributed by atoms with Crippen LogP contribution in [0.3, 0.4) is 0 Å². The number of sulfonamides is 1. The predicted octanol–water partition coefficient (Wildman–Crippen LogP) is 0.890. The normalized spacial score (nSPS) is 11.0. The van der Waals surface area contributed by atoms with Gasteiger partial charge in [-0.25, -0.2) is 18.1 Å². The molecule has 7 heteroatoms. The van der Waals surface area contributed by atoms with E-state index in [9.17, 15) is 8.42 Å². The number of nitrogens with one attached hydrogen (secondary N) is 1. The lowest BCUT2D eigenvalue weighted by molar-refractivity contribution is 0.580. The topological polar surface area (TPSA) is 109 Å². The third-order valence-corrected chi connectivity index (χ3v) is 4.34. The summed E-state index contributed by atoms with van der Waals surface area (Å²) in [5.41, 5.74) is 7.50. The highest BCUT2D eigenvalue weighted by Crippen LogP contribution is 2.11. The standard InChI is InChI=1S/C14H14N4O2S/c15-7-11-3-1-2-4-12(11)9-18-21(19,20)14-6-5-13(8-16)17-10-14/h1-6,10,18H,7,9,15H2. The number of pyridine rings is 1. The molecule has 6 nitrogen and oxygen atoms in total. The van der Waals surface area contributed by atoms with Crippen LogP contribution in [0.1, 0.15) is 16.8 Å². The Labute approximate surface area is 123 Å². The second-order valence-electron chi connectivity index (χ2n) is 4.29. The van der Waals surface area contributed by atoms with Crippen LogP contribution in [0.5, 0.6) is 0 Å². The molecule has 0 bridgehead atoms. The number of nitrogens with zero attached hydrogens (tertiary/aromatic N) is 2. The molecule has 0 saturated heterocycles. The van der Waals surface area contributed by atoms with Crippen LogP contribution in [0, 0.1) is 11.3 Å². The quantitative estimate of drug-likeness (QED) is 0.852. The molecule has 0 radical (unpaired) electrons. The number of benzene rings is 1. The molecule has 0 saturated carbocycles. The SMILES string of the molecule is N#Cc1ccc(S(=O)(=O)NCc2ccccc2CN)cn1. The maximum absolute atomic E-state index is 12.1. The summed E-state index contributed by atoms with van der Waals surface area (Å²) in [4.78, 5) is 3.77. The molecule has 0 aliphatic heterocycles. The maximum atomic E-state index is 12.1. The Bertz CT molecular complexity index is 764. The molecule has 3 N–H and O–H groups in total. The minimum absolute atomic E-state index is 0.0201. The average molecular weight is 302 g/mol. The smallest absolute Gasteiger partial charge is 0.242 e. The van der Waals surface area contributed by atoms with Crippen molar-refractivity contribution in [1.29, 1.82) is 5.26 Å². The Hall–Kier alpha value is -2.27. The van der Waals surface area contributed by atoms with Crippen LogP contribution in [0.2, 0.25) is 0 Å². The van der Waals surface area contributed by atoms with Gasteiger partial charge in [-0.05, 0) is 23.3 Å². The fraction of sp³-hybridized carbons (Fsp3) is 0.143. The largest absolute Gasteiger partial charge is 0.326 e. The summed E-state index contributed by atoms with van der Waals surface area (Å²) < 4.78 is 26.8. The van der Waals surface area contributed by atoms with Crippen molar-refractivity contribution in [3.8, 4) is 6.07 Å².